The second kappa shape index (κ2) is 12.8. The van der Waals surface area contributed by atoms with Crippen molar-refractivity contribution in [3.05, 3.63) is 0 Å². The molecule has 0 aliphatic carbocycles. The minimum absolute atomic E-state index is 0. The first-order valence-electron chi connectivity index (χ1n) is 3.72. The molecule has 0 aromatic carbocycles. The highest BCUT2D eigenvalue weighted by molar-refractivity contribution is 6.92. The summed E-state index contributed by atoms with van der Waals surface area (Å²) in [4.78, 5) is 19.3. The van der Waals surface area contributed by atoms with Gasteiger partial charge in [0.15, 0.2) is 0 Å². The van der Waals surface area contributed by atoms with Gasteiger partial charge in [0.2, 0.25) is 0 Å². The summed E-state index contributed by atoms with van der Waals surface area (Å²) in [6, 6.07) is 0. The van der Waals surface area contributed by atoms with E-state index in [-0.39, 0.29) is 31.6 Å². The lowest BCUT2D eigenvalue weighted by atomic mass is 10.2. The van der Waals surface area contributed by atoms with E-state index in [1.165, 1.54) is 0 Å². The molecular formula is C8H21O4P2-. The van der Waals surface area contributed by atoms with E-state index in [2.05, 4.69) is 0 Å². The Morgan fingerprint density at radius 1 is 1.00 bits per heavy atom. The van der Waals surface area contributed by atoms with Crippen LogP contribution in [0.4, 0.5) is 0 Å². The van der Waals surface area contributed by atoms with E-state index in [4.69, 9.17) is 5.11 Å². The van der Waals surface area contributed by atoms with Crippen LogP contribution in [0, 0.1) is 11.8 Å². The molecule has 2 atom stereocenters. The number of carbonyl (C=O) groups excluding carboxylic acids is 1. The van der Waals surface area contributed by atoms with Crippen molar-refractivity contribution in [3.8, 4) is 0 Å². The maximum atomic E-state index is 9.70. The van der Waals surface area contributed by atoms with Gasteiger partial charge in [0.25, 0.3) is 0 Å². The molecule has 0 amide bonds. The summed E-state index contributed by atoms with van der Waals surface area (Å²) in [6.07, 6.45) is 0. The third-order valence-electron chi connectivity index (χ3n) is 0.965. The molecular weight excluding hydrogens is 222 g/mol. The lowest BCUT2D eigenvalue weighted by molar-refractivity contribution is -0.310. The number of carbonyl (C=O) groups is 2. The van der Waals surface area contributed by atoms with Crippen molar-refractivity contribution in [2.24, 2.45) is 11.8 Å². The molecule has 2 unspecified atom stereocenters. The normalized spacial score (nSPS) is 7.86. The van der Waals surface area contributed by atoms with Crippen LogP contribution >= 0.6 is 19.8 Å². The highest BCUT2D eigenvalue weighted by Gasteiger charge is 1.99. The Morgan fingerprint density at radius 3 is 1.14 bits per heavy atom. The van der Waals surface area contributed by atoms with Gasteiger partial charge in [0.1, 0.15) is 0 Å². The van der Waals surface area contributed by atoms with Crippen molar-refractivity contribution in [1.29, 1.82) is 0 Å². The van der Waals surface area contributed by atoms with Gasteiger partial charge in [0.05, 0.1) is 5.92 Å². The molecule has 1 N–H and O–H groups in total. The van der Waals surface area contributed by atoms with Crippen molar-refractivity contribution in [1.82, 2.24) is 0 Å². The fraction of sp³-hybridized carbons (Fsp3) is 0.750. The van der Waals surface area contributed by atoms with Crippen molar-refractivity contribution in [2.45, 2.75) is 27.7 Å². The minimum atomic E-state index is -0.991. The average molecular weight is 243 g/mol. The number of hydrogen-bond acceptors (Lipinski definition) is 3. The molecule has 0 saturated carbocycles. The van der Waals surface area contributed by atoms with Crippen LogP contribution in [0.2, 0.25) is 0 Å². The lowest BCUT2D eigenvalue weighted by Crippen LogP contribution is -2.27. The van der Waals surface area contributed by atoms with Crippen LogP contribution in [0.3, 0.4) is 0 Å². The van der Waals surface area contributed by atoms with E-state index in [1.54, 1.807) is 27.7 Å². The molecule has 0 radical (unpaired) electrons. The van der Waals surface area contributed by atoms with Crippen molar-refractivity contribution in [3.63, 3.8) is 0 Å². The number of rotatable bonds is 2. The molecule has 0 spiro atoms. The zero-order valence-electron chi connectivity index (χ0n) is 9.24. The maximum absolute atomic E-state index is 9.70. The third kappa shape index (κ3) is 22.6. The fourth-order valence-electron chi connectivity index (χ4n) is 0. The highest BCUT2D eigenvalue weighted by atomic mass is 31.0. The van der Waals surface area contributed by atoms with Crippen LogP contribution in [0.5, 0.6) is 0 Å². The second-order valence-corrected chi connectivity index (χ2v) is 2.97. The zero-order chi connectivity index (χ0) is 10.3. The molecule has 0 fully saturated rings. The Bertz CT molecular complexity index is 139. The average Bonchev–Trinajstić information content (AvgIpc) is 1.88. The van der Waals surface area contributed by atoms with Gasteiger partial charge >= 0.3 is 5.97 Å². The van der Waals surface area contributed by atoms with Gasteiger partial charge in [-0.1, -0.05) is 27.7 Å². The smallest absolute Gasteiger partial charge is 0.305 e. The summed E-state index contributed by atoms with van der Waals surface area (Å²) in [5, 5.41) is 17.6. The summed E-state index contributed by atoms with van der Waals surface area (Å²) < 4.78 is 0. The first kappa shape index (κ1) is 23.5. The van der Waals surface area contributed by atoms with Gasteiger partial charge in [0, 0.05) is 5.97 Å². The molecule has 88 valence electrons. The van der Waals surface area contributed by atoms with Gasteiger partial charge < -0.3 is 15.0 Å². The van der Waals surface area contributed by atoms with Crippen LogP contribution in [0.25, 0.3) is 0 Å². The minimum Gasteiger partial charge on any atom is -0.550 e. The fourth-order valence-corrected chi connectivity index (χ4v) is 0. The molecule has 0 saturated heterocycles. The maximum Gasteiger partial charge on any atom is 0.305 e. The molecule has 0 aliphatic heterocycles. The number of hydrogen-bond donors (Lipinski definition) is 1. The predicted octanol–water partition coefficient (Wildman–Crippen LogP) is 0.235. The molecule has 4 nitrogen and oxygen atoms in total. The van der Waals surface area contributed by atoms with Crippen LogP contribution in [-0.4, -0.2) is 17.0 Å². The number of carboxylic acids is 2. The van der Waals surface area contributed by atoms with Gasteiger partial charge in [-0.3, -0.25) is 4.79 Å². The monoisotopic (exact) mass is 243 g/mol. The van der Waals surface area contributed by atoms with Crippen molar-refractivity contribution >= 4 is 31.7 Å². The summed E-state index contributed by atoms with van der Waals surface area (Å²) in [5.41, 5.74) is 0. The molecule has 0 aromatic heterocycles. The van der Waals surface area contributed by atoms with Gasteiger partial charge in [-0.25, -0.2) is 0 Å². The quantitative estimate of drug-likeness (QED) is 0.704. The van der Waals surface area contributed by atoms with Gasteiger partial charge in [-0.15, -0.1) is 0 Å². The number of carboxylic acid groups (broad SMARTS) is 2. The molecule has 14 heavy (non-hydrogen) atoms. The Balaban J connectivity index is -0.0000000625. The number of aliphatic carboxylic acids is 2. The Labute approximate surface area is 91.7 Å². The Hall–Kier alpha value is -0.200. The van der Waals surface area contributed by atoms with E-state index < -0.39 is 11.9 Å². The van der Waals surface area contributed by atoms with Crippen LogP contribution in [-0.2, 0) is 9.59 Å². The first-order chi connectivity index (χ1) is 5.29. The van der Waals surface area contributed by atoms with E-state index in [0.29, 0.717) is 0 Å². The molecule has 0 rings (SSSR count). The standard InChI is InChI=1S/2C4H8O2.2H3P/c2*1-3(2)4(5)6;;/h2*3H,1-2H3,(H,5,6);2*1H3/p-1. The lowest BCUT2D eigenvalue weighted by Gasteiger charge is -2.01. The molecule has 0 aliphatic rings. The summed E-state index contributed by atoms with van der Waals surface area (Å²) in [6.45, 7) is 6.44. The third-order valence-corrected chi connectivity index (χ3v) is 0.965. The van der Waals surface area contributed by atoms with E-state index in [0.717, 1.165) is 0 Å². The van der Waals surface area contributed by atoms with E-state index in [9.17, 15) is 14.7 Å². The topological polar surface area (TPSA) is 77.4 Å². The van der Waals surface area contributed by atoms with Crippen LogP contribution < -0.4 is 5.11 Å². The van der Waals surface area contributed by atoms with Gasteiger partial charge in [-0.05, 0) is 5.92 Å². The van der Waals surface area contributed by atoms with E-state index >= 15 is 0 Å². The van der Waals surface area contributed by atoms with Crippen LogP contribution in [0.15, 0.2) is 0 Å². The molecule has 0 bridgehead atoms. The predicted molar refractivity (Wildman–Crippen MR) is 64.5 cm³/mol. The second-order valence-electron chi connectivity index (χ2n) is 2.97. The van der Waals surface area contributed by atoms with E-state index in [1.807, 2.05) is 0 Å². The van der Waals surface area contributed by atoms with Crippen LogP contribution in [0.1, 0.15) is 27.7 Å². The Kier molecular flexibility index (Phi) is 21.5. The van der Waals surface area contributed by atoms with Crippen molar-refractivity contribution < 1.29 is 19.8 Å². The summed E-state index contributed by atoms with van der Waals surface area (Å²) in [5.74, 6) is -2.31. The molecule has 6 heteroatoms. The summed E-state index contributed by atoms with van der Waals surface area (Å²) in [7, 11) is 0. The first-order valence-corrected chi connectivity index (χ1v) is 3.72. The highest BCUT2D eigenvalue weighted by Crippen LogP contribution is 1.87. The zero-order valence-corrected chi connectivity index (χ0v) is 12.1. The van der Waals surface area contributed by atoms with Crippen molar-refractivity contribution in [2.75, 3.05) is 0 Å². The molecule has 0 heterocycles. The molecule has 0 aromatic rings. The largest absolute Gasteiger partial charge is 0.550 e. The Morgan fingerprint density at radius 2 is 1.14 bits per heavy atom. The SMILES string of the molecule is CC(C)C(=O)O.CC(C)C(=O)[O-].P.P. The summed E-state index contributed by atoms with van der Waals surface area (Å²) >= 11 is 0. The van der Waals surface area contributed by atoms with Gasteiger partial charge in [-0.2, -0.15) is 19.8 Å².